The first-order valence-electron chi connectivity index (χ1n) is 10.2. The van der Waals surface area contributed by atoms with Crippen LogP contribution in [-0.4, -0.2) is 22.7 Å². The van der Waals surface area contributed by atoms with E-state index in [1.54, 1.807) is 48.5 Å². The largest absolute Gasteiger partial charge is 0.320 e. The fourth-order valence-electron chi connectivity index (χ4n) is 4.06. The Morgan fingerprint density at radius 3 is 2.16 bits per heavy atom. The van der Waals surface area contributed by atoms with Crippen molar-refractivity contribution in [3.8, 4) is 0 Å². The minimum absolute atomic E-state index is 0.299. The summed E-state index contributed by atoms with van der Waals surface area (Å²) in [6.45, 7) is 3.93. The fourth-order valence-corrected chi connectivity index (χ4v) is 4.06. The number of nitrogens with zero attached hydrogens (tertiary/aromatic N) is 2. The Morgan fingerprint density at radius 1 is 0.844 bits per heavy atom. The molecular weight excluding hydrogens is 402 g/mol. The van der Waals surface area contributed by atoms with Crippen molar-refractivity contribution in [3.05, 3.63) is 101 Å². The zero-order valence-corrected chi connectivity index (χ0v) is 17.5. The van der Waals surface area contributed by atoms with Gasteiger partial charge in [-0.05, 0) is 67.9 Å². The molecule has 0 spiro atoms. The van der Waals surface area contributed by atoms with Gasteiger partial charge in [-0.3, -0.25) is 19.4 Å². The smallest absolute Gasteiger partial charge is 0.266 e. The quantitative estimate of drug-likeness (QED) is 0.477. The molecule has 0 unspecified atom stereocenters. The third kappa shape index (κ3) is 3.13. The Bertz CT molecular complexity index is 1390. The number of anilines is 2. The number of hydrogen-bond acceptors (Lipinski definition) is 4. The van der Waals surface area contributed by atoms with E-state index in [9.17, 15) is 14.4 Å². The van der Waals surface area contributed by atoms with Gasteiger partial charge in [-0.15, -0.1) is 0 Å². The molecule has 0 atom stereocenters. The predicted octanol–water partition coefficient (Wildman–Crippen LogP) is 4.90. The van der Waals surface area contributed by atoms with E-state index >= 15 is 0 Å². The number of carbonyl (C=O) groups excluding carboxylic acids is 3. The maximum atomic E-state index is 12.9. The number of pyridine rings is 1. The molecule has 32 heavy (non-hydrogen) atoms. The van der Waals surface area contributed by atoms with Crippen molar-refractivity contribution in [2.75, 3.05) is 10.2 Å². The minimum Gasteiger partial charge on any atom is -0.320 e. The average Bonchev–Trinajstić information content (AvgIpc) is 3.05. The van der Waals surface area contributed by atoms with Gasteiger partial charge in [0.15, 0.2) is 0 Å². The molecule has 1 aromatic heterocycles. The molecule has 0 radical (unpaired) electrons. The highest BCUT2D eigenvalue weighted by Crippen LogP contribution is 2.29. The van der Waals surface area contributed by atoms with Crippen LogP contribution in [0.15, 0.2) is 72.8 Å². The maximum absolute atomic E-state index is 12.9. The number of carbonyl (C=O) groups is 3. The summed E-state index contributed by atoms with van der Waals surface area (Å²) < 4.78 is 0. The molecule has 0 saturated carbocycles. The molecule has 1 aliphatic rings. The number of imide groups is 1. The number of fused-ring (bicyclic) bond motifs is 2. The Labute approximate surface area is 184 Å². The zero-order chi connectivity index (χ0) is 22.4. The van der Waals surface area contributed by atoms with Crippen LogP contribution in [0.4, 0.5) is 11.4 Å². The van der Waals surface area contributed by atoms with Gasteiger partial charge in [-0.25, -0.2) is 4.90 Å². The molecule has 2 heterocycles. The standard InChI is InChI=1S/C26H19N3O3/c1-15-14-16(2)27-23-19(15)8-5-9-22(23)28-24(30)17-10-12-18(13-11-17)29-25(31)20-6-3-4-7-21(20)26(29)32/h3-14H,1-2H3,(H,28,30). The van der Waals surface area contributed by atoms with Crippen molar-refractivity contribution in [2.24, 2.45) is 0 Å². The number of aromatic nitrogens is 1. The predicted molar refractivity (Wildman–Crippen MR) is 123 cm³/mol. The van der Waals surface area contributed by atoms with Crippen molar-refractivity contribution in [3.63, 3.8) is 0 Å². The highest BCUT2D eigenvalue weighted by Gasteiger charge is 2.36. The lowest BCUT2D eigenvalue weighted by molar-refractivity contribution is 0.0925. The molecule has 0 aliphatic carbocycles. The fraction of sp³-hybridized carbons (Fsp3) is 0.0769. The Morgan fingerprint density at radius 2 is 1.50 bits per heavy atom. The topological polar surface area (TPSA) is 79.4 Å². The first-order chi connectivity index (χ1) is 15.4. The van der Waals surface area contributed by atoms with Crippen molar-refractivity contribution >= 4 is 40.0 Å². The van der Waals surface area contributed by atoms with Crippen LogP contribution in [0.2, 0.25) is 0 Å². The number of aryl methyl sites for hydroxylation is 2. The van der Waals surface area contributed by atoms with Crippen molar-refractivity contribution in [1.82, 2.24) is 4.98 Å². The molecule has 156 valence electrons. The van der Waals surface area contributed by atoms with Crippen LogP contribution in [0.25, 0.3) is 10.9 Å². The molecule has 5 rings (SSSR count). The molecule has 6 heteroatoms. The number of nitrogens with one attached hydrogen (secondary N) is 1. The number of benzene rings is 3. The summed E-state index contributed by atoms with van der Waals surface area (Å²) in [4.78, 5) is 43.9. The van der Waals surface area contributed by atoms with Gasteiger partial charge in [0.2, 0.25) is 0 Å². The summed E-state index contributed by atoms with van der Waals surface area (Å²) in [6, 6.07) is 20.8. The third-order valence-electron chi connectivity index (χ3n) is 5.60. The van der Waals surface area contributed by atoms with E-state index < -0.39 is 0 Å². The van der Waals surface area contributed by atoms with Crippen LogP contribution in [0.3, 0.4) is 0 Å². The van der Waals surface area contributed by atoms with Gasteiger partial charge in [0.05, 0.1) is 28.0 Å². The van der Waals surface area contributed by atoms with E-state index in [1.165, 1.54) is 0 Å². The Hall–Kier alpha value is -4.32. The average molecular weight is 421 g/mol. The number of amides is 3. The van der Waals surface area contributed by atoms with Crippen LogP contribution < -0.4 is 10.2 Å². The molecule has 4 aromatic rings. The van der Waals surface area contributed by atoms with Gasteiger partial charge in [0, 0.05) is 16.6 Å². The summed E-state index contributed by atoms with van der Waals surface area (Å²) in [7, 11) is 0. The van der Waals surface area contributed by atoms with Gasteiger partial charge in [-0.2, -0.15) is 0 Å². The molecule has 0 fully saturated rings. The summed E-state index contributed by atoms with van der Waals surface area (Å²) >= 11 is 0. The zero-order valence-electron chi connectivity index (χ0n) is 17.5. The molecule has 3 amide bonds. The third-order valence-corrected chi connectivity index (χ3v) is 5.60. The number of para-hydroxylation sites is 1. The van der Waals surface area contributed by atoms with Crippen LogP contribution in [-0.2, 0) is 0 Å². The lowest BCUT2D eigenvalue weighted by Crippen LogP contribution is -2.29. The lowest BCUT2D eigenvalue weighted by Gasteiger charge is -2.14. The second-order valence-electron chi connectivity index (χ2n) is 7.77. The maximum Gasteiger partial charge on any atom is 0.266 e. The summed E-state index contributed by atoms with van der Waals surface area (Å²) in [6.07, 6.45) is 0. The van der Waals surface area contributed by atoms with E-state index in [0.29, 0.717) is 28.1 Å². The highest BCUT2D eigenvalue weighted by atomic mass is 16.2. The molecule has 3 aromatic carbocycles. The first-order valence-corrected chi connectivity index (χ1v) is 10.2. The second kappa shape index (κ2) is 7.42. The van der Waals surface area contributed by atoms with E-state index in [2.05, 4.69) is 10.3 Å². The van der Waals surface area contributed by atoms with Gasteiger partial charge in [-0.1, -0.05) is 24.3 Å². The molecule has 1 N–H and O–H groups in total. The number of hydrogen-bond donors (Lipinski definition) is 1. The number of rotatable bonds is 3. The second-order valence-corrected chi connectivity index (χ2v) is 7.77. The SMILES string of the molecule is Cc1cc(C)c2cccc(NC(=O)c3ccc(N4C(=O)c5ccccc5C4=O)cc3)c2n1. The van der Waals surface area contributed by atoms with Crippen LogP contribution >= 0.6 is 0 Å². The molecule has 6 nitrogen and oxygen atoms in total. The Kier molecular flexibility index (Phi) is 4.56. The summed E-state index contributed by atoms with van der Waals surface area (Å²) in [5, 5.41) is 3.91. The molecule has 1 aliphatic heterocycles. The normalized spacial score (nSPS) is 12.9. The van der Waals surface area contributed by atoms with Crippen molar-refractivity contribution < 1.29 is 14.4 Å². The van der Waals surface area contributed by atoms with E-state index in [-0.39, 0.29) is 17.7 Å². The molecule has 0 saturated heterocycles. The monoisotopic (exact) mass is 421 g/mol. The van der Waals surface area contributed by atoms with Crippen LogP contribution in [0.5, 0.6) is 0 Å². The first kappa shape index (κ1) is 19.6. The lowest BCUT2D eigenvalue weighted by atomic mass is 10.1. The summed E-state index contributed by atoms with van der Waals surface area (Å²) in [5.74, 6) is -1.03. The minimum atomic E-state index is -0.365. The van der Waals surface area contributed by atoms with Crippen molar-refractivity contribution in [2.45, 2.75) is 13.8 Å². The molecule has 0 bridgehead atoms. The van der Waals surface area contributed by atoms with Gasteiger partial charge < -0.3 is 5.32 Å². The van der Waals surface area contributed by atoms with Gasteiger partial charge >= 0.3 is 0 Å². The van der Waals surface area contributed by atoms with E-state index in [0.717, 1.165) is 27.1 Å². The molecular formula is C26H19N3O3. The van der Waals surface area contributed by atoms with Crippen LogP contribution in [0, 0.1) is 13.8 Å². The van der Waals surface area contributed by atoms with Crippen LogP contribution in [0.1, 0.15) is 42.3 Å². The van der Waals surface area contributed by atoms with Gasteiger partial charge in [0.25, 0.3) is 17.7 Å². The Balaban J connectivity index is 1.41. The van der Waals surface area contributed by atoms with E-state index in [4.69, 9.17) is 0 Å². The summed E-state index contributed by atoms with van der Waals surface area (Å²) in [5.41, 5.74) is 4.93. The van der Waals surface area contributed by atoms with E-state index in [1.807, 2.05) is 38.1 Å². The van der Waals surface area contributed by atoms with Gasteiger partial charge in [0.1, 0.15) is 0 Å². The van der Waals surface area contributed by atoms with Crippen molar-refractivity contribution in [1.29, 1.82) is 0 Å². The highest BCUT2D eigenvalue weighted by molar-refractivity contribution is 6.34.